The van der Waals surface area contributed by atoms with Gasteiger partial charge in [-0.15, -0.1) is 11.3 Å². The van der Waals surface area contributed by atoms with Gasteiger partial charge in [-0.05, 0) is 51.3 Å². The minimum atomic E-state index is -0.746. The van der Waals surface area contributed by atoms with E-state index in [9.17, 15) is 14.7 Å². The molecule has 0 radical (unpaired) electrons. The zero-order valence-electron chi connectivity index (χ0n) is 21.5. The number of aryl methyl sites for hydroxylation is 2. The third-order valence-electron chi connectivity index (χ3n) is 5.57. The van der Waals surface area contributed by atoms with Crippen molar-refractivity contribution in [1.29, 1.82) is 0 Å². The Morgan fingerprint density at radius 1 is 1.25 bits per heavy atom. The highest BCUT2D eigenvalue weighted by molar-refractivity contribution is 7.20. The van der Waals surface area contributed by atoms with Crippen LogP contribution >= 0.6 is 11.3 Å². The number of hydrogen-bond donors (Lipinski definition) is 2. The van der Waals surface area contributed by atoms with Gasteiger partial charge in [-0.25, -0.2) is 9.78 Å². The maximum Gasteiger partial charge on any atom is 0.348 e. The maximum atomic E-state index is 12.9. The van der Waals surface area contributed by atoms with Crippen LogP contribution in [0.2, 0.25) is 0 Å². The second-order valence-corrected chi connectivity index (χ2v) is 10.0. The normalized spacial score (nSPS) is 12.4. The van der Waals surface area contributed by atoms with E-state index in [-0.39, 0.29) is 18.3 Å². The number of rotatable bonds is 13. The number of aliphatic hydroxyl groups is 1. The van der Waals surface area contributed by atoms with Gasteiger partial charge in [-0.3, -0.25) is 9.69 Å². The molecule has 0 saturated carbocycles. The van der Waals surface area contributed by atoms with E-state index in [0.717, 1.165) is 29.1 Å². The van der Waals surface area contributed by atoms with Crippen LogP contribution < -0.4 is 10.3 Å². The molecule has 1 atom stereocenters. The Morgan fingerprint density at radius 2 is 2.00 bits per heavy atom. The highest BCUT2D eigenvalue weighted by Gasteiger charge is 2.22. The molecule has 0 spiro atoms. The third-order valence-corrected chi connectivity index (χ3v) is 6.73. The zero-order chi connectivity index (χ0) is 26.2. The quantitative estimate of drug-likeness (QED) is 0.262. The van der Waals surface area contributed by atoms with E-state index in [1.807, 2.05) is 36.1 Å². The Balaban J connectivity index is 1.75. The Hall–Kier alpha value is -2.79. The van der Waals surface area contributed by atoms with Gasteiger partial charge in [0.05, 0.1) is 18.0 Å². The Morgan fingerprint density at radius 3 is 2.69 bits per heavy atom. The molecule has 0 saturated heterocycles. The number of carbonyl (C=O) groups is 1. The number of aliphatic hydroxyl groups excluding tert-OH is 1. The SMILES string of the molecule is COCCCN(Cc1nc2sc(C(=O)OC(C)C)c(C)c2c(=O)[nH]1)C[C@@H](O)COc1ccccc1C. The predicted molar refractivity (Wildman–Crippen MR) is 140 cm³/mol. The summed E-state index contributed by atoms with van der Waals surface area (Å²) in [6.07, 6.45) is -0.257. The minimum absolute atomic E-state index is 0.139. The van der Waals surface area contributed by atoms with Gasteiger partial charge in [-0.1, -0.05) is 18.2 Å². The fourth-order valence-corrected chi connectivity index (χ4v) is 4.94. The van der Waals surface area contributed by atoms with Gasteiger partial charge >= 0.3 is 5.97 Å². The Labute approximate surface area is 215 Å². The van der Waals surface area contributed by atoms with Crippen molar-refractivity contribution in [2.75, 3.05) is 33.4 Å². The van der Waals surface area contributed by atoms with Crippen LogP contribution in [-0.4, -0.2) is 71.6 Å². The Bertz CT molecular complexity index is 1220. The average molecular weight is 518 g/mol. The molecule has 0 aliphatic heterocycles. The van der Waals surface area contributed by atoms with Gasteiger partial charge in [0.2, 0.25) is 0 Å². The summed E-state index contributed by atoms with van der Waals surface area (Å²) in [6.45, 7) is 9.23. The highest BCUT2D eigenvalue weighted by atomic mass is 32.1. The number of nitrogens with zero attached hydrogens (tertiary/aromatic N) is 2. The zero-order valence-corrected chi connectivity index (χ0v) is 22.3. The molecule has 0 unspecified atom stereocenters. The molecule has 2 aromatic heterocycles. The predicted octanol–water partition coefficient (Wildman–Crippen LogP) is 3.45. The van der Waals surface area contributed by atoms with Crippen molar-refractivity contribution in [2.24, 2.45) is 0 Å². The number of carbonyl (C=O) groups excluding carboxylic acids is 1. The van der Waals surface area contributed by atoms with Gasteiger partial charge in [-0.2, -0.15) is 0 Å². The average Bonchev–Trinajstić information content (AvgIpc) is 3.15. The fraction of sp³-hybridized carbons (Fsp3) is 0.500. The van der Waals surface area contributed by atoms with Crippen LogP contribution in [0.3, 0.4) is 0 Å². The summed E-state index contributed by atoms with van der Waals surface area (Å²) < 4.78 is 16.3. The molecule has 0 amide bonds. The number of para-hydroxylation sites is 1. The van der Waals surface area contributed by atoms with Crippen molar-refractivity contribution in [3.05, 3.63) is 56.4 Å². The van der Waals surface area contributed by atoms with Crippen molar-refractivity contribution in [3.8, 4) is 5.75 Å². The topological polar surface area (TPSA) is 114 Å². The van der Waals surface area contributed by atoms with Crippen molar-refractivity contribution < 1.29 is 24.1 Å². The minimum Gasteiger partial charge on any atom is -0.491 e. The summed E-state index contributed by atoms with van der Waals surface area (Å²) in [5.41, 5.74) is 1.27. The number of aromatic nitrogens is 2. The molecule has 9 nitrogen and oxygen atoms in total. The van der Waals surface area contributed by atoms with Crippen molar-refractivity contribution >= 4 is 27.5 Å². The van der Waals surface area contributed by atoms with Gasteiger partial charge in [0.25, 0.3) is 5.56 Å². The summed E-state index contributed by atoms with van der Waals surface area (Å²) in [6, 6.07) is 7.66. The standard InChI is InChI=1S/C26H35N3O6S/c1-16(2)35-26(32)23-18(4)22-24(31)27-21(28-25(22)36-23)14-29(11-8-12-33-5)13-19(30)15-34-20-10-7-6-9-17(20)3/h6-7,9-10,16,19,30H,8,11-15H2,1-5H3,(H,27,28,31)/t19-/m1/s1. The lowest BCUT2D eigenvalue weighted by atomic mass is 10.2. The lowest BCUT2D eigenvalue weighted by molar-refractivity contribution is 0.0383. The molecule has 3 aromatic rings. The first-order valence-corrected chi connectivity index (χ1v) is 12.8. The van der Waals surface area contributed by atoms with E-state index in [2.05, 4.69) is 9.97 Å². The summed E-state index contributed by atoms with van der Waals surface area (Å²) in [5.74, 6) is 0.741. The molecule has 196 valence electrons. The van der Waals surface area contributed by atoms with E-state index in [1.54, 1.807) is 27.9 Å². The maximum absolute atomic E-state index is 12.9. The smallest absolute Gasteiger partial charge is 0.348 e. The van der Waals surface area contributed by atoms with Gasteiger partial charge in [0, 0.05) is 26.8 Å². The number of ether oxygens (including phenoxy) is 3. The molecule has 36 heavy (non-hydrogen) atoms. The van der Waals surface area contributed by atoms with Gasteiger partial charge < -0.3 is 24.3 Å². The number of esters is 1. The fourth-order valence-electron chi connectivity index (χ4n) is 3.86. The number of methoxy groups -OCH3 is 1. The highest BCUT2D eigenvalue weighted by Crippen LogP contribution is 2.28. The number of hydrogen-bond acceptors (Lipinski definition) is 9. The second kappa shape index (κ2) is 13.0. The third kappa shape index (κ3) is 7.36. The summed E-state index contributed by atoms with van der Waals surface area (Å²) in [7, 11) is 1.64. The van der Waals surface area contributed by atoms with Crippen LogP contribution in [0.5, 0.6) is 5.75 Å². The molecule has 0 fully saturated rings. The molecule has 2 heterocycles. The first kappa shape index (κ1) is 27.8. The van der Waals surface area contributed by atoms with Crippen molar-refractivity contribution in [2.45, 2.75) is 52.9 Å². The van der Waals surface area contributed by atoms with E-state index < -0.39 is 12.1 Å². The molecule has 10 heteroatoms. The summed E-state index contributed by atoms with van der Waals surface area (Å²) >= 11 is 1.16. The van der Waals surface area contributed by atoms with Crippen LogP contribution in [-0.2, 0) is 16.0 Å². The Kier molecular flexibility index (Phi) is 10.0. The summed E-state index contributed by atoms with van der Waals surface area (Å²) in [5, 5.41) is 11.1. The number of fused-ring (bicyclic) bond motifs is 1. The second-order valence-electron chi connectivity index (χ2n) is 9.01. The molecular weight excluding hydrogens is 482 g/mol. The van der Waals surface area contributed by atoms with Gasteiger partial charge in [0.1, 0.15) is 34.0 Å². The lowest BCUT2D eigenvalue weighted by Gasteiger charge is -2.24. The number of H-pyrrole nitrogens is 1. The monoisotopic (exact) mass is 517 g/mol. The number of benzene rings is 1. The van der Waals surface area contributed by atoms with Crippen LogP contribution in [0, 0.1) is 13.8 Å². The lowest BCUT2D eigenvalue weighted by Crippen LogP contribution is -2.37. The van der Waals surface area contributed by atoms with E-state index in [0.29, 0.717) is 52.7 Å². The van der Waals surface area contributed by atoms with E-state index in [4.69, 9.17) is 14.2 Å². The number of thiophene rings is 1. The van der Waals surface area contributed by atoms with Crippen LogP contribution in [0.4, 0.5) is 0 Å². The van der Waals surface area contributed by atoms with E-state index >= 15 is 0 Å². The molecule has 2 N–H and O–H groups in total. The molecule has 0 bridgehead atoms. The molecular formula is C26H35N3O6S. The molecule has 0 aliphatic rings. The van der Waals surface area contributed by atoms with E-state index in [1.165, 1.54) is 0 Å². The molecule has 1 aromatic carbocycles. The van der Waals surface area contributed by atoms with Crippen molar-refractivity contribution in [1.82, 2.24) is 14.9 Å². The number of aromatic amines is 1. The molecule has 0 aliphatic carbocycles. The van der Waals surface area contributed by atoms with Crippen molar-refractivity contribution in [3.63, 3.8) is 0 Å². The van der Waals surface area contributed by atoms with Gasteiger partial charge in [0.15, 0.2) is 0 Å². The largest absolute Gasteiger partial charge is 0.491 e. The van der Waals surface area contributed by atoms with Crippen LogP contribution in [0.25, 0.3) is 10.2 Å². The van der Waals surface area contributed by atoms with Crippen LogP contribution in [0.15, 0.2) is 29.1 Å². The first-order chi connectivity index (χ1) is 17.2. The van der Waals surface area contributed by atoms with Crippen LogP contribution in [0.1, 0.15) is 46.9 Å². The number of nitrogens with one attached hydrogen (secondary N) is 1. The summed E-state index contributed by atoms with van der Waals surface area (Å²) in [4.78, 5) is 35.7. The molecule has 3 rings (SSSR count). The first-order valence-electron chi connectivity index (χ1n) is 12.0.